The van der Waals surface area contributed by atoms with E-state index in [0.29, 0.717) is 18.0 Å². The van der Waals surface area contributed by atoms with Crippen LogP contribution in [0.3, 0.4) is 0 Å². The van der Waals surface area contributed by atoms with Crippen LogP contribution in [0.25, 0.3) is 0 Å². The van der Waals surface area contributed by atoms with E-state index in [-0.39, 0.29) is 42.4 Å². The molecule has 8 heteroatoms. The summed E-state index contributed by atoms with van der Waals surface area (Å²) in [6.07, 6.45) is 0.748. The van der Waals surface area contributed by atoms with E-state index in [0.717, 1.165) is 12.0 Å². The number of rotatable bonds is 7. The Hall–Kier alpha value is -1.71. The molecule has 7 nitrogen and oxygen atoms in total. The van der Waals surface area contributed by atoms with Crippen molar-refractivity contribution in [1.29, 1.82) is 0 Å². The monoisotopic (exact) mass is 436 g/mol. The molecule has 0 heterocycles. The van der Waals surface area contributed by atoms with Gasteiger partial charge in [-0.3, -0.25) is 4.79 Å². The number of nitrogens with zero attached hydrogens (tertiary/aromatic N) is 2. The van der Waals surface area contributed by atoms with Crippen molar-refractivity contribution in [2.45, 2.75) is 6.42 Å². The lowest BCUT2D eigenvalue weighted by atomic mass is 10.1. The summed E-state index contributed by atoms with van der Waals surface area (Å²) in [6, 6.07) is 5.75. The summed E-state index contributed by atoms with van der Waals surface area (Å²) in [5.74, 6) is 1.56. The summed E-state index contributed by atoms with van der Waals surface area (Å²) >= 11 is 0. The minimum absolute atomic E-state index is 0. The summed E-state index contributed by atoms with van der Waals surface area (Å²) in [4.78, 5) is 16.8. The first-order chi connectivity index (χ1) is 10.5. The number of hydrogen-bond donors (Lipinski definition) is 2. The molecule has 0 aliphatic carbocycles. The van der Waals surface area contributed by atoms with Crippen molar-refractivity contribution in [3.8, 4) is 11.5 Å². The molecule has 0 saturated heterocycles. The van der Waals surface area contributed by atoms with Gasteiger partial charge in [0.25, 0.3) is 0 Å². The number of amides is 1. The molecular weight excluding hydrogens is 411 g/mol. The zero-order chi connectivity index (χ0) is 16.5. The predicted octanol–water partition coefficient (Wildman–Crippen LogP) is 0.857. The fourth-order valence-electron chi connectivity index (χ4n) is 1.72. The number of aliphatic imine (C=N–C) groups is 1. The topological polar surface area (TPSA) is 89.2 Å². The third-order valence-corrected chi connectivity index (χ3v) is 3.05. The minimum Gasteiger partial charge on any atom is -0.493 e. The van der Waals surface area contributed by atoms with Gasteiger partial charge >= 0.3 is 0 Å². The molecule has 3 N–H and O–H groups in total. The SMILES string of the molecule is COc1ccc(CCNC(N)=NCC(=O)N(C)C)cc1OC.I. The largest absolute Gasteiger partial charge is 0.493 e. The van der Waals surface area contributed by atoms with Crippen LogP contribution in [0.5, 0.6) is 11.5 Å². The maximum atomic E-state index is 11.4. The van der Waals surface area contributed by atoms with E-state index in [1.165, 1.54) is 4.90 Å². The highest BCUT2D eigenvalue weighted by Gasteiger charge is 2.05. The molecular formula is C15H25IN4O3. The Morgan fingerprint density at radius 2 is 1.91 bits per heavy atom. The van der Waals surface area contributed by atoms with Crippen molar-refractivity contribution < 1.29 is 14.3 Å². The van der Waals surface area contributed by atoms with E-state index in [2.05, 4.69) is 10.3 Å². The lowest BCUT2D eigenvalue weighted by Gasteiger charge is -2.11. The molecule has 1 rings (SSSR count). The van der Waals surface area contributed by atoms with Gasteiger partial charge in [0.2, 0.25) is 5.91 Å². The highest BCUT2D eigenvalue weighted by molar-refractivity contribution is 14.0. The van der Waals surface area contributed by atoms with E-state index in [4.69, 9.17) is 15.2 Å². The van der Waals surface area contributed by atoms with E-state index in [9.17, 15) is 4.79 Å². The van der Waals surface area contributed by atoms with Crippen molar-refractivity contribution >= 4 is 35.8 Å². The molecule has 0 spiro atoms. The second-order valence-corrected chi connectivity index (χ2v) is 4.86. The summed E-state index contributed by atoms with van der Waals surface area (Å²) in [7, 11) is 6.56. The number of benzene rings is 1. The summed E-state index contributed by atoms with van der Waals surface area (Å²) < 4.78 is 10.4. The van der Waals surface area contributed by atoms with E-state index in [1.807, 2.05) is 18.2 Å². The fraction of sp³-hybridized carbons (Fsp3) is 0.467. The normalized spacial score (nSPS) is 10.5. The molecule has 0 atom stereocenters. The van der Waals surface area contributed by atoms with Gasteiger partial charge < -0.3 is 25.4 Å². The first-order valence-corrected chi connectivity index (χ1v) is 6.92. The smallest absolute Gasteiger partial charge is 0.243 e. The number of carbonyl (C=O) groups is 1. The Bertz CT molecular complexity index is 535. The summed E-state index contributed by atoms with van der Waals surface area (Å²) in [5.41, 5.74) is 6.80. The highest BCUT2D eigenvalue weighted by atomic mass is 127. The van der Waals surface area contributed by atoms with Crippen molar-refractivity contribution in [3.63, 3.8) is 0 Å². The van der Waals surface area contributed by atoms with Gasteiger partial charge in [-0.1, -0.05) is 6.07 Å². The van der Waals surface area contributed by atoms with Crippen molar-refractivity contribution in [3.05, 3.63) is 23.8 Å². The van der Waals surface area contributed by atoms with Gasteiger partial charge in [0, 0.05) is 20.6 Å². The average molecular weight is 436 g/mol. The lowest BCUT2D eigenvalue weighted by molar-refractivity contribution is -0.127. The van der Waals surface area contributed by atoms with Crippen LogP contribution in [0.2, 0.25) is 0 Å². The number of nitrogens with one attached hydrogen (secondary N) is 1. The van der Waals surface area contributed by atoms with Crippen LogP contribution in [0.4, 0.5) is 0 Å². The number of likely N-dealkylation sites (N-methyl/N-ethyl adjacent to an activating group) is 1. The second-order valence-electron chi connectivity index (χ2n) is 4.86. The van der Waals surface area contributed by atoms with Crippen LogP contribution in [0, 0.1) is 0 Å². The Morgan fingerprint density at radius 1 is 1.26 bits per heavy atom. The van der Waals surface area contributed by atoms with Gasteiger partial charge in [0.15, 0.2) is 17.5 Å². The molecule has 0 unspecified atom stereocenters. The van der Waals surface area contributed by atoms with Crippen molar-refractivity contribution in [2.75, 3.05) is 41.4 Å². The fourth-order valence-corrected chi connectivity index (χ4v) is 1.72. The van der Waals surface area contributed by atoms with Gasteiger partial charge in [-0.15, -0.1) is 24.0 Å². The maximum absolute atomic E-state index is 11.4. The van der Waals surface area contributed by atoms with Crippen LogP contribution < -0.4 is 20.5 Å². The molecule has 23 heavy (non-hydrogen) atoms. The van der Waals surface area contributed by atoms with Gasteiger partial charge in [-0.2, -0.15) is 0 Å². The number of methoxy groups -OCH3 is 2. The maximum Gasteiger partial charge on any atom is 0.243 e. The standard InChI is InChI=1S/C15H24N4O3.HI/c1-19(2)14(20)10-18-15(16)17-8-7-11-5-6-12(21-3)13(9-11)22-4;/h5-6,9H,7-8,10H2,1-4H3,(H3,16,17,18);1H. The van der Waals surface area contributed by atoms with E-state index < -0.39 is 0 Å². The average Bonchev–Trinajstić information content (AvgIpc) is 2.52. The first-order valence-electron chi connectivity index (χ1n) is 6.92. The molecule has 1 aromatic carbocycles. The van der Waals surface area contributed by atoms with Crippen LogP contribution in [0.15, 0.2) is 23.2 Å². The van der Waals surface area contributed by atoms with Crippen LogP contribution in [-0.2, 0) is 11.2 Å². The number of halogens is 1. The van der Waals surface area contributed by atoms with Crippen LogP contribution in [-0.4, -0.2) is 58.2 Å². The summed E-state index contributed by atoms with van der Waals surface area (Å²) in [5, 5.41) is 2.98. The lowest BCUT2D eigenvalue weighted by Crippen LogP contribution is -2.34. The second kappa shape index (κ2) is 10.9. The summed E-state index contributed by atoms with van der Waals surface area (Å²) in [6.45, 7) is 0.656. The molecule has 0 fully saturated rings. The molecule has 0 bridgehead atoms. The van der Waals surface area contributed by atoms with Crippen LogP contribution in [0.1, 0.15) is 5.56 Å². The van der Waals surface area contributed by atoms with Gasteiger partial charge in [-0.05, 0) is 24.1 Å². The molecule has 0 aliphatic rings. The third kappa shape index (κ3) is 7.40. The number of hydrogen-bond acceptors (Lipinski definition) is 4. The molecule has 0 saturated carbocycles. The molecule has 130 valence electrons. The minimum atomic E-state index is -0.0929. The molecule has 1 amide bonds. The van der Waals surface area contributed by atoms with Gasteiger partial charge in [-0.25, -0.2) is 4.99 Å². The van der Waals surface area contributed by atoms with Crippen LogP contribution >= 0.6 is 24.0 Å². The quantitative estimate of drug-likeness (QED) is 0.376. The van der Waals surface area contributed by atoms with E-state index >= 15 is 0 Å². The third-order valence-electron chi connectivity index (χ3n) is 3.05. The molecule has 0 radical (unpaired) electrons. The Kier molecular flexibility index (Phi) is 10.1. The molecule has 1 aromatic rings. The Balaban J connectivity index is 0.00000484. The molecule has 0 aromatic heterocycles. The number of guanidine groups is 1. The number of ether oxygens (including phenoxy) is 2. The van der Waals surface area contributed by atoms with Crippen molar-refractivity contribution in [1.82, 2.24) is 10.2 Å². The first kappa shape index (κ1) is 21.3. The van der Waals surface area contributed by atoms with Gasteiger partial charge in [0.05, 0.1) is 14.2 Å². The Labute approximate surface area is 154 Å². The highest BCUT2D eigenvalue weighted by Crippen LogP contribution is 2.27. The van der Waals surface area contributed by atoms with Gasteiger partial charge in [0.1, 0.15) is 6.54 Å². The zero-order valence-corrected chi connectivity index (χ0v) is 16.3. The number of nitrogens with two attached hydrogens (primary N) is 1. The zero-order valence-electron chi connectivity index (χ0n) is 14.0. The Morgan fingerprint density at radius 3 is 2.48 bits per heavy atom. The molecule has 0 aliphatic heterocycles. The predicted molar refractivity (Wildman–Crippen MR) is 102 cm³/mol. The van der Waals surface area contributed by atoms with Crippen molar-refractivity contribution in [2.24, 2.45) is 10.7 Å². The number of carbonyl (C=O) groups excluding carboxylic acids is 1. The van der Waals surface area contributed by atoms with E-state index in [1.54, 1.807) is 28.3 Å².